The highest BCUT2D eigenvalue weighted by atomic mass is 16.4. The maximum Gasteiger partial charge on any atom is 0.317 e. The Hall–Kier alpha value is -1.86. The predicted molar refractivity (Wildman–Crippen MR) is 55.1 cm³/mol. The van der Waals surface area contributed by atoms with Gasteiger partial charge in [-0.05, 0) is 12.6 Å². The van der Waals surface area contributed by atoms with E-state index in [-0.39, 0.29) is 6.54 Å². The molecule has 1 aromatic carbocycles. The van der Waals surface area contributed by atoms with E-state index in [4.69, 9.17) is 10.4 Å². The summed E-state index contributed by atoms with van der Waals surface area (Å²) in [6.45, 7) is -0.146. The van der Waals surface area contributed by atoms with Crippen LogP contribution in [0, 0.1) is 11.3 Å². The van der Waals surface area contributed by atoms with Crippen molar-refractivity contribution in [3.8, 4) is 6.07 Å². The SMILES string of the molecule is CN(CC(=O)O)C(C#N)c1ccccc1. The van der Waals surface area contributed by atoms with Crippen LogP contribution in [-0.4, -0.2) is 29.6 Å². The second-order valence-electron chi connectivity index (χ2n) is 3.25. The van der Waals surface area contributed by atoms with Crippen molar-refractivity contribution in [1.82, 2.24) is 4.90 Å². The second-order valence-corrected chi connectivity index (χ2v) is 3.25. The van der Waals surface area contributed by atoms with Gasteiger partial charge in [0.15, 0.2) is 0 Å². The van der Waals surface area contributed by atoms with Crippen LogP contribution in [0.2, 0.25) is 0 Å². The quantitative estimate of drug-likeness (QED) is 0.802. The van der Waals surface area contributed by atoms with Crippen molar-refractivity contribution >= 4 is 5.97 Å². The molecule has 0 radical (unpaired) electrons. The largest absolute Gasteiger partial charge is 0.480 e. The maximum atomic E-state index is 10.5. The first kappa shape index (κ1) is 11.2. The molecule has 0 heterocycles. The van der Waals surface area contributed by atoms with Gasteiger partial charge in [0.2, 0.25) is 0 Å². The molecule has 78 valence electrons. The Morgan fingerprint density at radius 1 is 1.53 bits per heavy atom. The maximum absolute atomic E-state index is 10.5. The fraction of sp³-hybridized carbons (Fsp3) is 0.273. The highest BCUT2D eigenvalue weighted by Crippen LogP contribution is 2.17. The predicted octanol–water partition coefficient (Wildman–Crippen LogP) is 1.27. The number of rotatable bonds is 4. The zero-order valence-electron chi connectivity index (χ0n) is 8.42. The molecule has 0 aromatic heterocycles. The smallest absolute Gasteiger partial charge is 0.317 e. The van der Waals surface area contributed by atoms with Gasteiger partial charge < -0.3 is 5.11 Å². The molecule has 4 nitrogen and oxygen atoms in total. The van der Waals surface area contributed by atoms with Crippen LogP contribution in [0.15, 0.2) is 30.3 Å². The Morgan fingerprint density at radius 3 is 2.60 bits per heavy atom. The van der Waals surface area contributed by atoms with Gasteiger partial charge in [0.1, 0.15) is 6.04 Å². The summed E-state index contributed by atoms with van der Waals surface area (Å²) in [4.78, 5) is 12.0. The molecule has 1 rings (SSSR count). The Kier molecular flexibility index (Phi) is 3.83. The van der Waals surface area contributed by atoms with E-state index in [9.17, 15) is 4.79 Å². The van der Waals surface area contributed by atoms with Gasteiger partial charge in [-0.25, -0.2) is 0 Å². The molecule has 0 bridgehead atoms. The van der Waals surface area contributed by atoms with Crippen LogP contribution in [-0.2, 0) is 4.79 Å². The number of benzene rings is 1. The van der Waals surface area contributed by atoms with Crippen molar-refractivity contribution in [3.63, 3.8) is 0 Å². The van der Waals surface area contributed by atoms with E-state index < -0.39 is 12.0 Å². The molecule has 0 spiro atoms. The van der Waals surface area contributed by atoms with Gasteiger partial charge in [-0.2, -0.15) is 5.26 Å². The van der Waals surface area contributed by atoms with E-state index in [0.29, 0.717) is 0 Å². The molecule has 15 heavy (non-hydrogen) atoms. The molecular weight excluding hydrogens is 192 g/mol. The van der Waals surface area contributed by atoms with Crippen LogP contribution in [0.1, 0.15) is 11.6 Å². The number of carboxylic acids is 1. The van der Waals surface area contributed by atoms with Gasteiger partial charge in [0, 0.05) is 0 Å². The highest BCUT2D eigenvalue weighted by Gasteiger charge is 2.17. The van der Waals surface area contributed by atoms with E-state index in [2.05, 4.69) is 6.07 Å². The van der Waals surface area contributed by atoms with E-state index >= 15 is 0 Å². The monoisotopic (exact) mass is 204 g/mol. The first-order valence-electron chi connectivity index (χ1n) is 4.51. The van der Waals surface area contributed by atoms with E-state index in [1.165, 1.54) is 4.90 Å². The van der Waals surface area contributed by atoms with Crippen molar-refractivity contribution in [2.24, 2.45) is 0 Å². The van der Waals surface area contributed by atoms with Gasteiger partial charge in [-0.15, -0.1) is 0 Å². The topological polar surface area (TPSA) is 64.3 Å². The molecule has 0 saturated carbocycles. The third-order valence-electron chi connectivity index (χ3n) is 2.06. The lowest BCUT2D eigenvalue weighted by molar-refractivity contribution is -0.138. The summed E-state index contributed by atoms with van der Waals surface area (Å²) in [5, 5.41) is 17.6. The normalized spacial score (nSPS) is 12.1. The van der Waals surface area contributed by atoms with Crippen molar-refractivity contribution in [2.45, 2.75) is 6.04 Å². The fourth-order valence-corrected chi connectivity index (χ4v) is 1.37. The van der Waals surface area contributed by atoms with Gasteiger partial charge in [0.25, 0.3) is 0 Å². The number of hydrogen-bond donors (Lipinski definition) is 1. The standard InChI is InChI=1S/C11H12N2O2/c1-13(8-11(14)15)10(7-12)9-5-3-2-4-6-9/h2-6,10H,8H2,1H3,(H,14,15). The molecule has 0 aliphatic rings. The third kappa shape index (κ3) is 3.08. The van der Waals surface area contributed by atoms with Crippen molar-refractivity contribution in [1.29, 1.82) is 5.26 Å². The minimum atomic E-state index is -0.936. The molecule has 0 saturated heterocycles. The first-order valence-corrected chi connectivity index (χ1v) is 4.51. The lowest BCUT2D eigenvalue weighted by atomic mass is 10.1. The van der Waals surface area contributed by atoms with Crippen LogP contribution in [0.3, 0.4) is 0 Å². The Balaban J connectivity index is 2.81. The highest BCUT2D eigenvalue weighted by molar-refractivity contribution is 5.69. The van der Waals surface area contributed by atoms with Crippen LogP contribution in [0.25, 0.3) is 0 Å². The van der Waals surface area contributed by atoms with Crippen LogP contribution in [0.5, 0.6) is 0 Å². The second kappa shape index (κ2) is 5.13. The first-order chi connectivity index (χ1) is 7.15. The lowest BCUT2D eigenvalue weighted by Gasteiger charge is -2.20. The number of hydrogen-bond acceptors (Lipinski definition) is 3. The molecule has 1 N–H and O–H groups in total. The molecule has 1 unspecified atom stereocenters. The van der Waals surface area contributed by atoms with Crippen molar-refractivity contribution in [2.75, 3.05) is 13.6 Å². The number of nitrogens with zero attached hydrogens (tertiary/aromatic N) is 2. The summed E-state index contributed by atoms with van der Waals surface area (Å²) >= 11 is 0. The van der Waals surface area contributed by atoms with Crippen molar-refractivity contribution < 1.29 is 9.90 Å². The van der Waals surface area contributed by atoms with E-state index in [0.717, 1.165) is 5.56 Å². The van der Waals surface area contributed by atoms with Gasteiger partial charge in [-0.1, -0.05) is 30.3 Å². The average molecular weight is 204 g/mol. The summed E-state index contributed by atoms with van der Waals surface area (Å²) in [7, 11) is 1.62. The Bertz CT molecular complexity index is 370. The van der Waals surface area contributed by atoms with Gasteiger partial charge >= 0.3 is 5.97 Å². The molecule has 1 atom stereocenters. The third-order valence-corrected chi connectivity index (χ3v) is 2.06. The molecule has 0 aliphatic heterocycles. The fourth-order valence-electron chi connectivity index (χ4n) is 1.37. The summed E-state index contributed by atoms with van der Waals surface area (Å²) in [6, 6.07) is 10.7. The number of aliphatic carboxylic acids is 1. The number of carbonyl (C=O) groups is 1. The Labute approximate surface area is 88.4 Å². The van der Waals surface area contributed by atoms with E-state index in [1.807, 2.05) is 30.3 Å². The van der Waals surface area contributed by atoms with E-state index in [1.54, 1.807) is 7.05 Å². The van der Waals surface area contributed by atoms with Crippen molar-refractivity contribution in [3.05, 3.63) is 35.9 Å². The summed E-state index contributed by atoms with van der Waals surface area (Å²) in [6.07, 6.45) is 0. The van der Waals surface area contributed by atoms with Crippen LogP contribution >= 0.6 is 0 Å². The summed E-state index contributed by atoms with van der Waals surface area (Å²) in [5.74, 6) is -0.936. The van der Waals surface area contributed by atoms with Crippen LogP contribution < -0.4 is 0 Å². The summed E-state index contributed by atoms with van der Waals surface area (Å²) in [5.41, 5.74) is 0.809. The molecular formula is C11H12N2O2. The Morgan fingerprint density at radius 2 is 2.13 bits per heavy atom. The molecule has 0 aliphatic carbocycles. The van der Waals surface area contributed by atoms with Gasteiger partial charge in [-0.3, -0.25) is 9.69 Å². The molecule has 0 fully saturated rings. The molecule has 4 heteroatoms. The zero-order chi connectivity index (χ0) is 11.3. The average Bonchev–Trinajstić information content (AvgIpc) is 2.19. The minimum absolute atomic E-state index is 0.146. The van der Waals surface area contributed by atoms with Gasteiger partial charge in [0.05, 0.1) is 12.6 Å². The zero-order valence-corrected chi connectivity index (χ0v) is 8.42. The number of nitriles is 1. The molecule has 0 amide bonds. The number of likely N-dealkylation sites (N-methyl/N-ethyl adjacent to an activating group) is 1. The number of carboxylic acid groups (broad SMARTS) is 1. The molecule has 1 aromatic rings. The minimum Gasteiger partial charge on any atom is -0.480 e. The lowest BCUT2D eigenvalue weighted by Crippen LogP contribution is -2.29. The summed E-state index contributed by atoms with van der Waals surface area (Å²) < 4.78 is 0. The van der Waals surface area contributed by atoms with Crippen LogP contribution in [0.4, 0.5) is 0 Å².